The fourth-order valence-corrected chi connectivity index (χ4v) is 3.39. The molecule has 0 aliphatic rings. The maximum Gasteiger partial charge on any atom is 0.411 e. The highest BCUT2D eigenvalue weighted by molar-refractivity contribution is 8.76. The van der Waals surface area contributed by atoms with Gasteiger partial charge in [-0.2, -0.15) is 0 Å². The Balaban J connectivity index is 2.37. The highest BCUT2D eigenvalue weighted by atomic mass is 33.1. The molecule has 1 aromatic carbocycles. The lowest BCUT2D eigenvalue weighted by molar-refractivity contribution is -0.136. The summed E-state index contributed by atoms with van der Waals surface area (Å²) >= 11 is 0. The van der Waals surface area contributed by atoms with Crippen molar-refractivity contribution in [3.8, 4) is 0 Å². The Morgan fingerprint density at radius 1 is 1.17 bits per heavy atom. The summed E-state index contributed by atoms with van der Waals surface area (Å²) in [6, 6.07) is 6.63. The molecule has 0 unspecified atom stereocenters. The maximum atomic E-state index is 12.1. The van der Waals surface area contributed by atoms with E-state index in [1.807, 2.05) is 0 Å². The Morgan fingerprint density at radius 3 is 2.57 bits per heavy atom. The molecular formula is C14H18N2O5S2. The number of anilines is 1. The van der Waals surface area contributed by atoms with Crippen molar-refractivity contribution in [2.45, 2.75) is 6.42 Å². The molecule has 0 aliphatic carbocycles. The van der Waals surface area contributed by atoms with E-state index in [-0.39, 0.29) is 12.3 Å². The average molecular weight is 358 g/mol. The first-order chi connectivity index (χ1) is 11.0. The molecule has 1 aromatic rings. The number of rotatable bonds is 9. The van der Waals surface area contributed by atoms with Crippen LogP contribution in [0.4, 0.5) is 10.5 Å². The van der Waals surface area contributed by atoms with Gasteiger partial charge >= 0.3 is 12.1 Å². The second-order valence-corrected chi connectivity index (χ2v) is 6.91. The third kappa shape index (κ3) is 7.80. The molecule has 126 valence electrons. The summed E-state index contributed by atoms with van der Waals surface area (Å²) in [5.41, 5.74) is 0.724. The zero-order valence-corrected chi connectivity index (χ0v) is 14.2. The number of nitrogens with one attached hydrogen (secondary N) is 2. The van der Waals surface area contributed by atoms with Crippen LogP contribution in [0.2, 0.25) is 0 Å². The number of carboxylic acid groups (broad SMARTS) is 1. The Kier molecular flexibility index (Phi) is 9.00. The first kappa shape index (κ1) is 19.2. The molecule has 1 rings (SSSR count). The second kappa shape index (κ2) is 10.8. The predicted octanol–water partition coefficient (Wildman–Crippen LogP) is 2.45. The van der Waals surface area contributed by atoms with Crippen LogP contribution in [-0.2, 0) is 9.53 Å². The van der Waals surface area contributed by atoms with E-state index >= 15 is 0 Å². The topological polar surface area (TPSA) is 105 Å². The number of hydrogen-bond acceptors (Lipinski definition) is 6. The minimum Gasteiger partial charge on any atom is -0.481 e. The van der Waals surface area contributed by atoms with Gasteiger partial charge in [0.05, 0.1) is 24.8 Å². The minimum absolute atomic E-state index is 0.122. The van der Waals surface area contributed by atoms with Crippen molar-refractivity contribution in [2.24, 2.45) is 0 Å². The molecule has 2 amide bonds. The van der Waals surface area contributed by atoms with Gasteiger partial charge in [0.2, 0.25) is 0 Å². The summed E-state index contributed by atoms with van der Waals surface area (Å²) in [5, 5.41) is 13.7. The highest BCUT2D eigenvalue weighted by Crippen LogP contribution is 2.21. The van der Waals surface area contributed by atoms with E-state index in [9.17, 15) is 14.4 Å². The van der Waals surface area contributed by atoms with Crippen LogP contribution in [0.15, 0.2) is 24.3 Å². The molecule has 23 heavy (non-hydrogen) atoms. The van der Waals surface area contributed by atoms with E-state index in [1.165, 1.54) is 28.7 Å². The number of amides is 2. The highest BCUT2D eigenvalue weighted by Gasteiger charge is 2.12. The van der Waals surface area contributed by atoms with Gasteiger partial charge in [0.15, 0.2) is 0 Å². The van der Waals surface area contributed by atoms with Crippen molar-refractivity contribution in [1.29, 1.82) is 0 Å². The molecule has 0 spiro atoms. The van der Waals surface area contributed by atoms with E-state index in [4.69, 9.17) is 5.11 Å². The van der Waals surface area contributed by atoms with Gasteiger partial charge in [0.1, 0.15) is 0 Å². The first-order valence-corrected chi connectivity index (χ1v) is 9.21. The molecule has 7 nitrogen and oxygen atoms in total. The van der Waals surface area contributed by atoms with Gasteiger partial charge in [-0.3, -0.25) is 14.9 Å². The number of methoxy groups -OCH3 is 1. The van der Waals surface area contributed by atoms with Crippen LogP contribution in [0.25, 0.3) is 0 Å². The van der Waals surface area contributed by atoms with Crippen LogP contribution in [0.1, 0.15) is 16.8 Å². The van der Waals surface area contributed by atoms with Crippen molar-refractivity contribution in [3.63, 3.8) is 0 Å². The van der Waals surface area contributed by atoms with Crippen molar-refractivity contribution in [3.05, 3.63) is 29.8 Å². The molecule has 0 radical (unpaired) electrons. The molecule has 9 heteroatoms. The summed E-state index contributed by atoms with van der Waals surface area (Å²) in [4.78, 5) is 33.7. The summed E-state index contributed by atoms with van der Waals surface area (Å²) < 4.78 is 4.51. The number of carbonyl (C=O) groups excluding carboxylic acids is 2. The number of aliphatic carboxylic acids is 1. The lowest BCUT2D eigenvalue weighted by Crippen LogP contribution is -2.27. The van der Waals surface area contributed by atoms with E-state index in [0.717, 1.165) is 0 Å². The zero-order chi connectivity index (χ0) is 17.1. The molecule has 0 atom stereocenters. The van der Waals surface area contributed by atoms with Crippen molar-refractivity contribution in [2.75, 3.05) is 30.5 Å². The fraction of sp³-hybridized carbons (Fsp3) is 0.357. The average Bonchev–Trinajstić information content (AvgIpc) is 2.53. The van der Waals surface area contributed by atoms with Gasteiger partial charge < -0.3 is 15.2 Å². The molecular weight excluding hydrogens is 340 g/mol. The SMILES string of the molecule is COC(=O)Nc1ccccc1C(=O)NCCSSCCC(=O)O. The molecule has 0 fully saturated rings. The van der Waals surface area contributed by atoms with Gasteiger partial charge in [-0.05, 0) is 12.1 Å². The number of benzene rings is 1. The summed E-state index contributed by atoms with van der Waals surface area (Å²) in [6.45, 7) is 0.441. The van der Waals surface area contributed by atoms with Crippen molar-refractivity contribution >= 4 is 45.2 Å². The van der Waals surface area contributed by atoms with Gasteiger partial charge in [0.25, 0.3) is 5.91 Å². The van der Waals surface area contributed by atoms with Gasteiger partial charge in [0, 0.05) is 18.1 Å². The van der Waals surface area contributed by atoms with Crippen LogP contribution in [0, 0.1) is 0 Å². The van der Waals surface area contributed by atoms with E-state index < -0.39 is 12.1 Å². The standard InChI is InChI=1S/C14H18N2O5S2/c1-21-14(20)16-11-5-3-2-4-10(11)13(19)15-7-9-23-22-8-6-12(17)18/h2-5H,6-9H2,1H3,(H,15,19)(H,16,20)(H,17,18). The fourth-order valence-electron chi connectivity index (χ4n) is 1.50. The molecule has 3 N–H and O–H groups in total. The van der Waals surface area contributed by atoms with Gasteiger partial charge in [-0.15, -0.1) is 0 Å². The number of carbonyl (C=O) groups is 3. The number of para-hydroxylation sites is 1. The lowest BCUT2D eigenvalue weighted by atomic mass is 10.1. The van der Waals surface area contributed by atoms with Crippen molar-refractivity contribution < 1.29 is 24.2 Å². The van der Waals surface area contributed by atoms with E-state index in [2.05, 4.69) is 15.4 Å². The Bertz CT molecular complexity index is 554. The number of ether oxygens (including phenoxy) is 1. The van der Waals surface area contributed by atoms with Crippen LogP contribution < -0.4 is 10.6 Å². The third-order valence-electron chi connectivity index (χ3n) is 2.55. The maximum absolute atomic E-state index is 12.1. The number of hydrogen-bond donors (Lipinski definition) is 3. The summed E-state index contributed by atoms with van der Waals surface area (Å²) in [5.74, 6) is 0.0666. The van der Waals surface area contributed by atoms with E-state index in [0.29, 0.717) is 29.3 Å². The largest absolute Gasteiger partial charge is 0.481 e. The van der Waals surface area contributed by atoms with Crippen LogP contribution in [0.5, 0.6) is 0 Å². The molecule has 0 saturated heterocycles. The first-order valence-electron chi connectivity index (χ1n) is 6.73. The van der Waals surface area contributed by atoms with Crippen LogP contribution in [0.3, 0.4) is 0 Å². The smallest absolute Gasteiger partial charge is 0.411 e. The summed E-state index contributed by atoms with van der Waals surface area (Å²) in [6.07, 6.45) is -0.521. The monoisotopic (exact) mass is 358 g/mol. The molecule has 0 bridgehead atoms. The van der Waals surface area contributed by atoms with Gasteiger partial charge in [-0.25, -0.2) is 4.79 Å². The zero-order valence-electron chi connectivity index (χ0n) is 12.5. The number of carboxylic acids is 1. The second-order valence-electron chi connectivity index (χ2n) is 4.21. The Labute approximate surface area is 141 Å². The van der Waals surface area contributed by atoms with Crippen LogP contribution in [-0.4, -0.2) is 48.2 Å². The molecule has 0 aliphatic heterocycles. The Morgan fingerprint density at radius 2 is 1.87 bits per heavy atom. The normalized spacial score (nSPS) is 9.96. The summed E-state index contributed by atoms with van der Waals surface area (Å²) in [7, 11) is 4.20. The predicted molar refractivity (Wildman–Crippen MR) is 92.0 cm³/mol. The van der Waals surface area contributed by atoms with Crippen LogP contribution >= 0.6 is 21.6 Å². The minimum atomic E-state index is -0.818. The quantitative estimate of drug-likeness (QED) is 0.460. The molecule has 0 saturated carbocycles. The van der Waals surface area contributed by atoms with E-state index in [1.54, 1.807) is 24.3 Å². The Hall–Kier alpha value is -1.87. The third-order valence-corrected chi connectivity index (χ3v) is 4.96. The lowest BCUT2D eigenvalue weighted by Gasteiger charge is -2.10. The van der Waals surface area contributed by atoms with Gasteiger partial charge in [-0.1, -0.05) is 33.7 Å². The molecule has 0 heterocycles. The van der Waals surface area contributed by atoms with Crippen molar-refractivity contribution in [1.82, 2.24) is 5.32 Å². The molecule has 0 aromatic heterocycles.